The van der Waals surface area contributed by atoms with Crippen molar-refractivity contribution in [2.24, 2.45) is 0 Å². The van der Waals surface area contributed by atoms with Crippen LogP contribution in [-0.2, 0) is 6.54 Å². The lowest BCUT2D eigenvalue weighted by Crippen LogP contribution is -2.38. The van der Waals surface area contributed by atoms with E-state index in [1.54, 1.807) is 12.3 Å². The van der Waals surface area contributed by atoms with Crippen LogP contribution in [0.5, 0.6) is 0 Å². The van der Waals surface area contributed by atoms with Crippen molar-refractivity contribution in [1.82, 2.24) is 15.3 Å². The number of anilines is 3. The standard InChI is InChI=1S/C23H21F2N5O2.C2H6/c24-15-4-1-5-16(25)21(15)17-9-18(22-19(28-17)11-27-23(22)32)29-20-7-6-13(10-26-20)30-8-2-3-14(31)12-30;1-2/h1,4-7,9-10,14,31H,2-3,8,11-12H2,(H,27,32)(H,26,28,29);1-2H3. The molecule has 178 valence electrons. The van der Waals surface area contributed by atoms with Gasteiger partial charge in [0.25, 0.3) is 5.91 Å². The minimum absolute atomic E-state index is 0.0947. The number of β-amino-alcohol motifs (C(OH)–C–C–N with tert-alkyl or cyclic N) is 1. The first-order valence-electron chi connectivity index (χ1n) is 11.4. The van der Waals surface area contributed by atoms with Crippen molar-refractivity contribution in [3.8, 4) is 11.3 Å². The Balaban J connectivity index is 0.00000133. The van der Waals surface area contributed by atoms with Gasteiger partial charge in [0.15, 0.2) is 0 Å². The molecule has 0 radical (unpaired) electrons. The second kappa shape index (κ2) is 10.1. The van der Waals surface area contributed by atoms with E-state index in [9.17, 15) is 18.7 Å². The summed E-state index contributed by atoms with van der Waals surface area (Å²) >= 11 is 0. The number of amides is 1. The van der Waals surface area contributed by atoms with Gasteiger partial charge in [-0.1, -0.05) is 19.9 Å². The van der Waals surface area contributed by atoms with E-state index in [0.29, 0.717) is 29.3 Å². The highest BCUT2D eigenvalue weighted by Gasteiger charge is 2.27. The van der Waals surface area contributed by atoms with Gasteiger partial charge in [0.1, 0.15) is 17.5 Å². The number of hydrogen-bond acceptors (Lipinski definition) is 6. The Hall–Kier alpha value is -3.59. The van der Waals surface area contributed by atoms with Gasteiger partial charge in [0.05, 0.1) is 52.7 Å². The van der Waals surface area contributed by atoms with Gasteiger partial charge in [0, 0.05) is 13.1 Å². The first kappa shape index (κ1) is 23.6. The van der Waals surface area contributed by atoms with Gasteiger partial charge >= 0.3 is 0 Å². The molecule has 9 heteroatoms. The number of rotatable bonds is 4. The molecule has 0 saturated carbocycles. The third-order valence-corrected chi connectivity index (χ3v) is 5.73. The van der Waals surface area contributed by atoms with E-state index in [-0.39, 0.29) is 29.8 Å². The number of aliphatic hydroxyl groups is 1. The Morgan fingerprint density at radius 1 is 1.15 bits per heavy atom. The Labute approximate surface area is 196 Å². The molecule has 2 aliphatic rings. The number of pyridine rings is 2. The third-order valence-electron chi connectivity index (χ3n) is 5.73. The molecule has 5 rings (SSSR count). The van der Waals surface area contributed by atoms with Crippen LogP contribution in [0.4, 0.5) is 26.0 Å². The van der Waals surface area contributed by atoms with Gasteiger partial charge in [-0.2, -0.15) is 0 Å². The van der Waals surface area contributed by atoms with Crippen LogP contribution in [-0.4, -0.2) is 40.2 Å². The summed E-state index contributed by atoms with van der Waals surface area (Å²) in [5.74, 6) is -1.30. The Morgan fingerprint density at radius 3 is 2.59 bits per heavy atom. The lowest BCUT2D eigenvalue weighted by Gasteiger charge is -2.31. The highest BCUT2D eigenvalue weighted by molar-refractivity contribution is 6.04. The molecule has 34 heavy (non-hydrogen) atoms. The Kier molecular flexibility index (Phi) is 7.02. The smallest absolute Gasteiger partial charge is 0.255 e. The zero-order chi connectivity index (χ0) is 24.2. The van der Waals surface area contributed by atoms with E-state index < -0.39 is 11.6 Å². The summed E-state index contributed by atoms with van der Waals surface area (Å²) in [4.78, 5) is 23.2. The van der Waals surface area contributed by atoms with Crippen molar-refractivity contribution in [3.05, 3.63) is 65.5 Å². The van der Waals surface area contributed by atoms with Crippen molar-refractivity contribution in [3.63, 3.8) is 0 Å². The van der Waals surface area contributed by atoms with E-state index >= 15 is 0 Å². The number of nitrogens with one attached hydrogen (secondary N) is 2. The Morgan fingerprint density at radius 2 is 1.91 bits per heavy atom. The second-order valence-electron chi connectivity index (χ2n) is 7.92. The summed E-state index contributed by atoms with van der Waals surface area (Å²) in [5.41, 5.74) is 1.85. The minimum Gasteiger partial charge on any atom is -0.391 e. The van der Waals surface area contributed by atoms with Crippen LogP contribution >= 0.6 is 0 Å². The molecule has 4 heterocycles. The number of fused-ring (bicyclic) bond motifs is 1. The molecular weight excluding hydrogens is 440 g/mol. The number of aliphatic hydroxyl groups excluding tert-OH is 1. The maximum Gasteiger partial charge on any atom is 0.255 e. The fraction of sp³-hybridized carbons (Fsp3) is 0.320. The Bertz CT molecular complexity index is 1170. The summed E-state index contributed by atoms with van der Waals surface area (Å²) < 4.78 is 28.7. The summed E-state index contributed by atoms with van der Waals surface area (Å²) in [5, 5.41) is 15.7. The monoisotopic (exact) mass is 467 g/mol. The number of aromatic nitrogens is 2. The van der Waals surface area contributed by atoms with Crippen LogP contribution in [0, 0.1) is 11.6 Å². The van der Waals surface area contributed by atoms with Crippen molar-refractivity contribution in [2.45, 2.75) is 39.3 Å². The lowest BCUT2D eigenvalue weighted by molar-refractivity contribution is 0.0966. The molecule has 1 unspecified atom stereocenters. The molecule has 1 aromatic carbocycles. The first-order chi connectivity index (χ1) is 16.5. The van der Waals surface area contributed by atoms with E-state index in [4.69, 9.17) is 0 Å². The fourth-order valence-electron chi connectivity index (χ4n) is 4.18. The van der Waals surface area contributed by atoms with E-state index in [1.165, 1.54) is 24.3 Å². The average molecular weight is 468 g/mol. The van der Waals surface area contributed by atoms with Crippen LogP contribution in [0.15, 0.2) is 42.6 Å². The molecular formula is C25H27F2N5O2. The van der Waals surface area contributed by atoms with Crippen LogP contribution in [0.2, 0.25) is 0 Å². The molecule has 1 saturated heterocycles. The van der Waals surface area contributed by atoms with Crippen molar-refractivity contribution >= 4 is 23.1 Å². The third kappa shape index (κ3) is 4.70. The fourth-order valence-corrected chi connectivity index (χ4v) is 4.18. The largest absolute Gasteiger partial charge is 0.391 e. The first-order valence-corrected chi connectivity index (χ1v) is 11.4. The van der Waals surface area contributed by atoms with Crippen LogP contribution in [0.1, 0.15) is 42.7 Å². The highest BCUT2D eigenvalue weighted by Crippen LogP contribution is 2.33. The zero-order valence-corrected chi connectivity index (χ0v) is 19.1. The van der Waals surface area contributed by atoms with Crippen molar-refractivity contribution in [1.29, 1.82) is 0 Å². The molecule has 0 spiro atoms. The molecule has 7 nitrogen and oxygen atoms in total. The number of hydrogen-bond donors (Lipinski definition) is 3. The van der Waals surface area contributed by atoms with Gasteiger partial charge in [-0.25, -0.2) is 18.7 Å². The van der Waals surface area contributed by atoms with Gasteiger partial charge in [-0.15, -0.1) is 0 Å². The van der Waals surface area contributed by atoms with Crippen LogP contribution < -0.4 is 15.5 Å². The summed E-state index contributed by atoms with van der Waals surface area (Å²) in [6, 6.07) is 8.73. The van der Waals surface area contributed by atoms with E-state index in [1.807, 2.05) is 19.9 Å². The predicted molar refractivity (Wildman–Crippen MR) is 127 cm³/mol. The number of piperidine rings is 1. The molecule has 1 amide bonds. The number of benzene rings is 1. The molecule has 0 bridgehead atoms. The molecule has 2 aliphatic heterocycles. The summed E-state index contributed by atoms with van der Waals surface area (Å²) in [6.07, 6.45) is 3.05. The maximum atomic E-state index is 14.4. The topological polar surface area (TPSA) is 90.4 Å². The van der Waals surface area contributed by atoms with Crippen molar-refractivity contribution < 1.29 is 18.7 Å². The number of carbonyl (C=O) groups excluding carboxylic acids is 1. The summed E-state index contributed by atoms with van der Waals surface area (Å²) in [7, 11) is 0. The van der Waals surface area contributed by atoms with Crippen LogP contribution in [0.3, 0.4) is 0 Å². The summed E-state index contributed by atoms with van der Waals surface area (Å²) in [6.45, 7) is 5.58. The molecule has 2 aromatic heterocycles. The molecule has 1 fully saturated rings. The molecule has 3 N–H and O–H groups in total. The van der Waals surface area contributed by atoms with Gasteiger partial charge in [-0.05, 0) is 43.2 Å². The molecule has 1 atom stereocenters. The van der Waals surface area contributed by atoms with Crippen molar-refractivity contribution in [2.75, 3.05) is 23.3 Å². The quantitative estimate of drug-likeness (QED) is 0.527. The number of nitrogens with zero attached hydrogens (tertiary/aromatic N) is 3. The minimum atomic E-state index is -0.730. The normalized spacial score (nSPS) is 16.9. The van der Waals surface area contributed by atoms with E-state index in [0.717, 1.165) is 25.1 Å². The number of halogens is 2. The molecule has 0 aliphatic carbocycles. The SMILES string of the molecule is CC.O=C1NCc2nc(-c3c(F)cccc3F)cc(Nc3ccc(N4CCCC(O)C4)cn3)c21. The zero-order valence-electron chi connectivity index (χ0n) is 19.1. The van der Waals surface area contributed by atoms with Gasteiger partial charge in [-0.3, -0.25) is 4.79 Å². The van der Waals surface area contributed by atoms with Gasteiger partial charge in [0.2, 0.25) is 0 Å². The van der Waals surface area contributed by atoms with Gasteiger partial charge < -0.3 is 20.6 Å². The maximum absolute atomic E-state index is 14.4. The second-order valence-corrected chi connectivity index (χ2v) is 7.92. The van der Waals surface area contributed by atoms with Crippen LogP contribution in [0.25, 0.3) is 11.3 Å². The average Bonchev–Trinajstić information content (AvgIpc) is 3.22. The predicted octanol–water partition coefficient (Wildman–Crippen LogP) is 4.40. The lowest BCUT2D eigenvalue weighted by atomic mass is 10.1. The molecule has 3 aromatic rings. The highest BCUT2D eigenvalue weighted by atomic mass is 19.1. The van der Waals surface area contributed by atoms with E-state index in [2.05, 4.69) is 25.5 Å². The number of carbonyl (C=O) groups is 1.